The van der Waals surface area contributed by atoms with E-state index in [9.17, 15) is 28.1 Å². The largest absolute Gasteiger partial charge is 0.477 e. The van der Waals surface area contributed by atoms with Crippen LogP contribution in [0.15, 0.2) is 36.4 Å². The Morgan fingerprint density at radius 1 is 1.25 bits per heavy atom. The minimum absolute atomic E-state index is 0.209. The highest BCUT2D eigenvalue weighted by atomic mass is 35.5. The van der Waals surface area contributed by atoms with E-state index in [0.29, 0.717) is 0 Å². The third kappa shape index (κ3) is 3.57. The summed E-state index contributed by atoms with van der Waals surface area (Å²) in [5.41, 5.74) is -2.47. The topological polar surface area (TPSA) is 89.7 Å². The van der Waals surface area contributed by atoms with Crippen LogP contribution >= 0.6 is 11.6 Å². The van der Waals surface area contributed by atoms with Crippen LogP contribution in [0.3, 0.4) is 0 Å². The summed E-state index contributed by atoms with van der Waals surface area (Å²) < 4.78 is 43.5. The van der Waals surface area contributed by atoms with Crippen LogP contribution < -0.4 is 4.74 Å². The Kier molecular flexibility index (Phi) is 4.65. The van der Waals surface area contributed by atoms with Gasteiger partial charge in [-0.3, -0.25) is 10.1 Å². The van der Waals surface area contributed by atoms with Crippen molar-refractivity contribution in [2.24, 2.45) is 0 Å². The quantitative estimate of drug-likeness (QED) is 0.626. The van der Waals surface area contributed by atoms with Gasteiger partial charge >= 0.3 is 12.1 Å². The highest BCUT2D eigenvalue weighted by Crippen LogP contribution is 2.40. The van der Waals surface area contributed by atoms with E-state index in [2.05, 4.69) is 0 Å². The fourth-order valence-corrected chi connectivity index (χ4v) is 2.12. The minimum atomic E-state index is -4.70. The first-order chi connectivity index (χ1) is 11.1. The van der Waals surface area contributed by atoms with Crippen LogP contribution in [-0.4, -0.2) is 16.0 Å². The number of rotatable bonds is 4. The molecule has 0 unspecified atom stereocenters. The van der Waals surface area contributed by atoms with Gasteiger partial charge < -0.3 is 9.84 Å². The molecule has 10 heteroatoms. The highest BCUT2D eigenvalue weighted by molar-refractivity contribution is 6.32. The van der Waals surface area contributed by atoms with Gasteiger partial charge in [0.25, 0.3) is 5.69 Å². The third-order valence-corrected chi connectivity index (χ3v) is 3.28. The van der Waals surface area contributed by atoms with Gasteiger partial charge in [0.2, 0.25) is 0 Å². The molecular weight excluding hydrogens is 355 g/mol. The van der Waals surface area contributed by atoms with E-state index in [1.54, 1.807) is 0 Å². The van der Waals surface area contributed by atoms with Gasteiger partial charge in [0, 0.05) is 12.1 Å². The summed E-state index contributed by atoms with van der Waals surface area (Å²) in [4.78, 5) is 20.9. The maximum absolute atomic E-state index is 12.8. The van der Waals surface area contributed by atoms with Crippen molar-refractivity contribution in [2.75, 3.05) is 0 Å². The molecule has 0 atom stereocenters. The average Bonchev–Trinajstić information content (AvgIpc) is 2.47. The lowest BCUT2D eigenvalue weighted by Crippen LogP contribution is -2.06. The fraction of sp³-hybridized carbons (Fsp3) is 0.0714. The standard InChI is InChI=1S/C14H7ClF3NO5/c15-12-9(14(16,17)18)2-1-3-11(12)24-7-4-5-10(19(22)23)8(6-7)13(20)21/h1-6H,(H,20,21). The van der Waals surface area contributed by atoms with Gasteiger partial charge in [0.15, 0.2) is 0 Å². The van der Waals surface area contributed by atoms with Crippen molar-refractivity contribution >= 4 is 23.3 Å². The smallest absolute Gasteiger partial charge is 0.417 e. The Morgan fingerprint density at radius 2 is 1.92 bits per heavy atom. The second-order valence-corrected chi connectivity index (χ2v) is 4.84. The van der Waals surface area contributed by atoms with Crippen LogP contribution in [-0.2, 0) is 6.18 Å². The Labute approximate surface area is 137 Å². The van der Waals surface area contributed by atoms with Crippen LogP contribution in [0, 0.1) is 10.1 Å². The molecule has 0 saturated heterocycles. The number of carbonyl (C=O) groups is 1. The van der Waals surface area contributed by atoms with Crippen molar-refractivity contribution in [1.29, 1.82) is 0 Å². The summed E-state index contributed by atoms with van der Waals surface area (Å²) >= 11 is 5.66. The first-order valence-electron chi connectivity index (χ1n) is 6.16. The van der Waals surface area contributed by atoms with Crippen molar-refractivity contribution in [3.8, 4) is 11.5 Å². The van der Waals surface area contributed by atoms with E-state index in [-0.39, 0.29) is 11.5 Å². The van der Waals surface area contributed by atoms with Crippen molar-refractivity contribution in [2.45, 2.75) is 6.18 Å². The molecule has 0 aliphatic carbocycles. The Morgan fingerprint density at radius 3 is 2.46 bits per heavy atom. The van der Waals surface area contributed by atoms with Crippen LogP contribution in [0.4, 0.5) is 18.9 Å². The molecule has 126 valence electrons. The Bertz CT molecular complexity index is 823. The molecule has 0 heterocycles. The number of aromatic carboxylic acids is 1. The van der Waals surface area contributed by atoms with Crippen molar-refractivity contribution in [3.63, 3.8) is 0 Å². The molecule has 0 radical (unpaired) electrons. The molecule has 2 aromatic carbocycles. The van der Waals surface area contributed by atoms with E-state index in [1.807, 2.05) is 0 Å². The zero-order valence-corrected chi connectivity index (χ0v) is 12.3. The number of hydrogen-bond donors (Lipinski definition) is 1. The van der Waals surface area contributed by atoms with Crippen LogP contribution in [0.2, 0.25) is 5.02 Å². The molecule has 0 aliphatic rings. The molecule has 0 spiro atoms. The van der Waals surface area contributed by atoms with E-state index < -0.39 is 38.9 Å². The van der Waals surface area contributed by atoms with E-state index >= 15 is 0 Å². The number of benzene rings is 2. The zero-order valence-electron chi connectivity index (χ0n) is 11.5. The number of carboxylic acids is 1. The molecule has 0 bridgehead atoms. The van der Waals surface area contributed by atoms with Crippen molar-refractivity contribution < 1.29 is 32.7 Å². The van der Waals surface area contributed by atoms with Gasteiger partial charge in [-0.25, -0.2) is 4.79 Å². The number of carboxylic acid groups (broad SMARTS) is 1. The predicted molar refractivity (Wildman–Crippen MR) is 76.6 cm³/mol. The normalized spacial score (nSPS) is 11.2. The SMILES string of the molecule is O=C(O)c1cc(Oc2cccc(C(F)(F)F)c2Cl)ccc1[N+](=O)[O-]. The summed E-state index contributed by atoms with van der Waals surface area (Å²) in [6.45, 7) is 0. The molecule has 0 aliphatic heterocycles. The first kappa shape index (κ1) is 17.5. The molecule has 0 amide bonds. The number of nitro benzene ring substituents is 1. The van der Waals surface area contributed by atoms with Crippen LogP contribution in [0.5, 0.6) is 11.5 Å². The molecule has 1 N–H and O–H groups in total. The molecule has 2 rings (SSSR count). The van der Waals surface area contributed by atoms with Crippen LogP contribution in [0.1, 0.15) is 15.9 Å². The summed E-state index contributed by atoms with van der Waals surface area (Å²) in [5, 5.41) is 19.0. The molecule has 2 aromatic rings. The monoisotopic (exact) mass is 361 g/mol. The summed E-state index contributed by atoms with van der Waals surface area (Å²) in [5.74, 6) is -2.15. The van der Waals surface area contributed by atoms with Gasteiger partial charge in [-0.2, -0.15) is 13.2 Å². The molecule has 0 saturated carbocycles. The lowest BCUT2D eigenvalue weighted by molar-refractivity contribution is -0.385. The van der Waals surface area contributed by atoms with Crippen molar-refractivity contribution in [1.82, 2.24) is 0 Å². The number of alkyl halides is 3. The Balaban J connectivity index is 2.44. The van der Waals surface area contributed by atoms with E-state index in [4.69, 9.17) is 21.4 Å². The van der Waals surface area contributed by atoms with Gasteiger partial charge in [-0.05, 0) is 18.2 Å². The second kappa shape index (κ2) is 6.36. The summed E-state index contributed by atoms with van der Waals surface area (Å²) in [6, 6.07) is 5.74. The minimum Gasteiger partial charge on any atom is -0.477 e. The molecule has 6 nitrogen and oxygen atoms in total. The number of nitro groups is 1. The fourth-order valence-electron chi connectivity index (χ4n) is 1.84. The number of ether oxygens (including phenoxy) is 1. The maximum Gasteiger partial charge on any atom is 0.417 e. The molecular formula is C14H7ClF3NO5. The van der Waals surface area contributed by atoms with E-state index in [0.717, 1.165) is 36.4 Å². The van der Waals surface area contributed by atoms with Gasteiger partial charge in [0.05, 0.1) is 15.5 Å². The molecule has 24 heavy (non-hydrogen) atoms. The molecule has 0 fully saturated rings. The third-order valence-electron chi connectivity index (χ3n) is 2.89. The maximum atomic E-state index is 12.8. The zero-order chi connectivity index (χ0) is 18.1. The van der Waals surface area contributed by atoms with E-state index in [1.165, 1.54) is 0 Å². The Hall–Kier alpha value is -2.81. The second-order valence-electron chi connectivity index (χ2n) is 4.46. The van der Waals surface area contributed by atoms with Gasteiger partial charge in [0.1, 0.15) is 17.1 Å². The lowest BCUT2D eigenvalue weighted by Gasteiger charge is -2.13. The number of nitrogens with zero attached hydrogens (tertiary/aromatic N) is 1. The van der Waals surface area contributed by atoms with Gasteiger partial charge in [-0.15, -0.1) is 0 Å². The van der Waals surface area contributed by atoms with Crippen molar-refractivity contribution in [3.05, 3.63) is 62.7 Å². The van der Waals surface area contributed by atoms with Crippen LogP contribution in [0.25, 0.3) is 0 Å². The number of halogens is 4. The lowest BCUT2D eigenvalue weighted by atomic mass is 10.1. The summed E-state index contributed by atoms with van der Waals surface area (Å²) in [6.07, 6.45) is -4.70. The predicted octanol–water partition coefficient (Wildman–Crippen LogP) is 4.76. The highest BCUT2D eigenvalue weighted by Gasteiger charge is 2.34. The number of hydrogen-bond acceptors (Lipinski definition) is 4. The molecule has 0 aromatic heterocycles. The average molecular weight is 362 g/mol. The first-order valence-corrected chi connectivity index (χ1v) is 6.54. The summed E-state index contributed by atoms with van der Waals surface area (Å²) in [7, 11) is 0. The van der Waals surface area contributed by atoms with Gasteiger partial charge in [-0.1, -0.05) is 17.7 Å².